The van der Waals surface area contributed by atoms with Gasteiger partial charge >= 0.3 is 5.97 Å². The highest BCUT2D eigenvalue weighted by Gasteiger charge is 2.25. The summed E-state index contributed by atoms with van der Waals surface area (Å²) in [5.41, 5.74) is 3.82. The van der Waals surface area contributed by atoms with Gasteiger partial charge in [-0.05, 0) is 37.0 Å². The Morgan fingerprint density at radius 3 is 2.25 bits per heavy atom. The largest absolute Gasteiger partial charge is 0.497 e. The number of carbonyl (C=O) groups excluding carboxylic acids is 2. The van der Waals surface area contributed by atoms with Crippen LogP contribution < -0.4 is 4.74 Å². The summed E-state index contributed by atoms with van der Waals surface area (Å²) in [7, 11) is -0.0458. The Bertz CT molecular complexity index is 756. The molecule has 1 unspecified atom stereocenters. The number of ether oxygens (including phenoxy) is 1. The summed E-state index contributed by atoms with van der Waals surface area (Å²) in [5.74, 6) is 1.80. The number of ketones is 1. The highest BCUT2D eigenvalue weighted by molar-refractivity contribution is 6.84. The second-order valence-electron chi connectivity index (χ2n) is 7.66. The van der Waals surface area contributed by atoms with Crippen molar-refractivity contribution in [1.82, 2.24) is 4.90 Å². The van der Waals surface area contributed by atoms with Crippen LogP contribution in [-0.2, 0) is 20.9 Å². The van der Waals surface area contributed by atoms with E-state index in [-0.39, 0.29) is 31.1 Å². The van der Waals surface area contributed by atoms with Crippen LogP contribution in [0.2, 0.25) is 19.6 Å². The predicted molar refractivity (Wildman–Crippen MR) is 111 cm³/mol. The highest BCUT2D eigenvalue weighted by atomic mass is 28.3. The Morgan fingerprint density at radius 1 is 1.14 bits per heavy atom. The zero-order valence-corrected chi connectivity index (χ0v) is 18.2. The molecule has 1 aromatic carbocycles. The monoisotopic (exact) mass is 403 g/mol. The molecule has 0 spiro atoms. The normalized spacial score (nSPS) is 11.8. The van der Waals surface area contributed by atoms with Crippen molar-refractivity contribution in [2.24, 2.45) is 0 Å². The number of hydrogen-bond acceptors (Lipinski definition) is 4. The van der Waals surface area contributed by atoms with Gasteiger partial charge in [-0.15, -0.1) is 5.54 Å². The third kappa shape index (κ3) is 8.40. The van der Waals surface area contributed by atoms with Gasteiger partial charge in [-0.1, -0.05) is 31.8 Å². The molecule has 1 amide bonds. The third-order valence-electron chi connectivity index (χ3n) is 4.03. The number of hydrogen-bond donors (Lipinski definition) is 1. The molecule has 0 aromatic heterocycles. The number of methoxy groups -OCH3 is 1. The first-order valence-electron chi connectivity index (χ1n) is 9.24. The Morgan fingerprint density at radius 2 is 1.75 bits per heavy atom. The first-order chi connectivity index (χ1) is 13.0. The molecule has 0 aliphatic carbocycles. The molecule has 0 aliphatic heterocycles. The summed E-state index contributed by atoms with van der Waals surface area (Å²) >= 11 is 0. The lowest BCUT2D eigenvalue weighted by Crippen LogP contribution is -2.42. The van der Waals surface area contributed by atoms with E-state index in [9.17, 15) is 19.5 Å². The fraction of sp³-hybridized carbons (Fsp3) is 0.476. The van der Waals surface area contributed by atoms with Crippen LogP contribution in [0.4, 0.5) is 0 Å². The van der Waals surface area contributed by atoms with Crippen molar-refractivity contribution in [3.63, 3.8) is 0 Å². The third-order valence-corrected chi connectivity index (χ3v) is 4.90. The van der Waals surface area contributed by atoms with Crippen LogP contribution in [0.15, 0.2) is 24.3 Å². The maximum Gasteiger partial charge on any atom is 0.326 e. The minimum atomic E-state index is -1.61. The first-order valence-corrected chi connectivity index (χ1v) is 12.7. The second-order valence-corrected chi connectivity index (χ2v) is 12.4. The van der Waals surface area contributed by atoms with Crippen molar-refractivity contribution < 1.29 is 24.2 Å². The molecular formula is C21H29NO5Si. The Hall–Kier alpha value is -2.59. The smallest absolute Gasteiger partial charge is 0.326 e. The molecule has 0 saturated heterocycles. The molecule has 0 fully saturated rings. The summed E-state index contributed by atoms with van der Waals surface area (Å²) in [6.45, 7) is 7.83. The number of nitrogens with zero attached hydrogens (tertiary/aromatic N) is 1. The summed E-state index contributed by atoms with van der Waals surface area (Å²) in [6.07, 6.45) is 0.651. The van der Waals surface area contributed by atoms with Gasteiger partial charge < -0.3 is 14.7 Å². The van der Waals surface area contributed by atoms with Crippen LogP contribution >= 0.6 is 0 Å². The molecule has 1 aromatic rings. The molecule has 6 nitrogen and oxygen atoms in total. The van der Waals surface area contributed by atoms with E-state index < -0.39 is 20.1 Å². The Labute approximate surface area is 167 Å². The van der Waals surface area contributed by atoms with Gasteiger partial charge in [0.1, 0.15) is 19.9 Å². The van der Waals surface area contributed by atoms with Gasteiger partial charge in [-0.25, -0.2) is 4.79 Å². The molecule has 0 saturated carbocycles. The number of aliphatic carboxylic acids is 1. The van der Waals surface area contributed by atoms with Crippen molar-refractivity contribution in [2.45, 2.75) is 58.4 Å². The first kappa shape index (κ1) is 23.4. The van der Waals surface area contributed by atoms with E-state index in [1.54, 1.807) is 31.4 Å². The predicted octanol–water partition coefficient (Wildman–Crippen LogP) is 3.12. The van der Waals surface area contributed by atoms with Crippen molar-refractivity contribution >= 4 is 25.7 Å². The van der Waals surface area contributed by atoms with Gasteiger partial charge in [0.15, 0.2) is 0 Å². The molecule has 1 rings (SSSR count). The van der Waals surface area contributed by atoms with Crippen molar-refractivity contribution in [2.75, 3.05) is 7.11 Å². The van der Waals surface area contributed by atoms with Gasteiger partial charge in [0.05, 0.1) is 7.11 Å². The summed E-state index contributed by atoms with van der Waals surface area (Å²) in [6, 6.07) is 6.15. The maximum atomic E-state index is 12.6. The molecule has 152 valence electrons. The van der Waals surface area contributed by atoms with Gasteiger partial charge in [-0.2, -0.15) is 0 Å². The molecule has 1 atom stereocenters. The van der Waals surface area contributed by atoms with Crippen molar-refractivity contribution in [3.8, 4) is 17.2 Å². The number of carboxylic acids is 1. The standard InChI is InChI=1S/C21H29NO5Si/c1-16(21(25)26)22(15-17-9-11-19(27-2)12-10-17)20(24)8-6-7-18(23)13-14-28(3,4)5/h9-12,16H,6-8,15H2,1-5H3,(H,25,26). The lowest BCUT2D eigenvalue weighted by molar-refractivity contribution is -0.150. The quantitative estimate of drug-likeness (QED) is 0.506. The van der Waals surface area contributed by atoms with Crippen molar-refractivity contribution in [3.05, 3.63) is 29.8 Å². The molecule has 0 radical (unpaired) electrons. The van der Waals surface area contributed by atoms with E-state index in [1.807, 2.05) is 0 Å². The van der Waals surface area contributed by atoms with Crippen LogP contribution in [0.5, 0.6) is 5.75 Å². The lowest BCUT2D eigenvalue weighted by Gasteiger charge is -2.27. The zero-order valence-electron chi connectivity index (χ0n) is 17.2. The number of rotatable bonds is 9. The minimum absolute atomic E-state index is 0.105. The van der Waals surface area contributed by atoms with Crippen LogP contribution in [0.1, 0.15) is 31.7 Å². The van der Waals surface area contributed by atoms with E-state index in [2.05, 4.69) is 31.1 Å². The lowest BCUT2D eigenvalue weighted by atomic mass is 10.1. The number of carboxylic acid groups (broad SMARTS) is 1. The van der Waals surface area contributed by atoms with Gasteiger partial charge in [-0.3, -0.25) is 9.59 Å². The van der Waals surface area contributed by atoms with Crippen molar-refractivity contribution in [1.29, 1.82) is 0 Å². The zero-order chi connectivity index (χ0) is 21.3. The van der Waals surface area contributed by atoms with Crippen LogP contribution in [0.3, 0.4) is 0 Å². The number of amides is 1. The van der Waals surface area contributed by atoms with Crippen LogP contribution in [0, 0.1) is 11.5 Å². The van der Waals surface area contributed by atoms with E-state index >= 15 is 0 Å². The van der Waals surface area contributed by atoms with E-state index in [0.29, 0.717) is 12.2 Å². The fourth-order valence-electron chi connectivity index (χ4n) is 2.37. The molecule has 28 heavy (non-hydrogen) atoms. The van der Waals surface area contributed by atoms with Gasteiger partial charge in [0, 0.05) is 19.4 Å². The van der Waals surface area contributed by atoms with E-state index in [0.717, 1.165) is 5.56 Å². The second kappa shape index (κ2) is 10.7. The van der Waals surface area contributed by atoms with E-state index in [1.165, 1.54) is 11.8 Å². The fourth-order valence-corrected chi connectivity index (χ4v) is 2.88. The molecule has 1 N–H and O–H groups in total. The highest BCUT2D eigenvalue weighted by Crippen LogP contribution is 2.16. The molecular weight excluding hydrogens is 374 g/mol. The average molecular weight is 404 g/mol. The number of benzene rings is 1. The van der Waals surface area contributed by atoms with Gasteiger partial charge in [0.2, 0.25) is 11.7 Å². The summed E-state index contributed by atoms with van der Waals surface area (Å²) in [5, 5.41) is 9.34. The molecule has 0 bridgehead atoms. The molecule has 0 aliphatic rings. The van der Waals surface area contributed by atoms with Crippen LogP contribution in [0.25, 0.3) is 0 Å². The molecule has 0 heterocycles. The molecule has 7 heteroatoms. The number of carbonyl (C=O) groups is 3. The topological polar surface area (TPSA) is 83.9 Å². The summed E-state index contributed by atoms with van der Waals surface area (Å²) < 4.78 is 5.11. The van der Waals surface area contributed by atoms with E-state index in [4.69, 9.17) is 4.74 Å². The Kier molecular flexibility index (Phi) is 8.93. The average Bonchev–Trinajstić information content (AvgIpc) is 2.63. The summed E-state index contributed by atoms with van der Waals surface area (Å²) in [4.78, 5) is 37.2. The maximum absolute atomic E-state index is 12.6. The van der Waals surface area contributed by atoms with Crippen LogP contribution in [-0.4, -0.2) is 48.9 Å². The minimum Gasteiger partial charge on any atom is -0.497 e. The SMILES string of the molecule is COc1ccc(CN(C(=O)CCCC(=O)C#C[Si](C)(C)C)C(C)C(=O)O)cc1. The Balaban J connectivity index is 2.73. The number of Topliss-reactive ketones (excluding diaryl/α,β-unsaturated/α-hetero) is 1. The van der Waals surface area contributed by atoms with Gasteiger partial charge in [0.25, 0.3) is 0 Å².